The molecule has 12 heavy (non-hydrogen) atoms. The number of rotatable bonds is 2. The number of nitrogens with one attached hydrogen (secondary N) is 1. The third-order valence-electron chi connectivity index (χ3n) is 1.92. The fraction of sp³-hybridized carbons (Fsp3) is 0.778. The van der Waals surface area contributed by atoms with Gasteiger partial charge in [-0.1, -0.05) is 6.92 Å². The molecule has 0 spiro atoms. The molecule has 0 aromatic carbocycles. The van der Waals surface area contributed by atoms with Crippen LogP contribution in [0.2, 0.25) is 0 Å². The Morgan fingerprint density at radius 3 is 2.42 bits per heavy atom. The van der Waals surface area contributed by atoms with E-state index in [4.69, 9.17) is 0 Å². The minimum Gasteiger partial charge on any atom is -0.312 e. The Hall–Kier alpha value is -0.310. The molecule has 0 saturated heterocycles. The molecule has 1 unspecified atom stereocenters. The summed E-state index contributed by atoms with van der Waals surface area (Å²) in [4.78, 5) is 0. The van der Waals surface area contributed by atoms with Crippen LogP contribution in [0.4, 0.5) is 0 Å². The first-order valence-corrected chi connectivity index (χ1v) is 5.43. The van der Waals surface area contributed by atoms with E-state index in [-0.39, 0.29) is 4.75 Å². The molecule has 70 valence electrons. The Morgan fingerprint density at radius 2 is 2.08 bits per heavy atom. The largest absolute Gasteiger partial charge is 0.312 e. The highest BCUT2D eigenvalue weighted by Crippen LogP contribution is 2.35. The molecule has 0 aliphatic heterocycles. The zero-order chi connectivity index (χ0) is 9.35. The summed E-state index contributed by atoms with van der Waals surface area (Å²) < 4.78 is 14.2. The summed E-state index contributed by atoms with van der Waals surface area (Å²) in [6.45, 7) is 8.06. The van der Waals surface area contributed by atoms with E-state index < -0.39 is 11.0 Å². The number of hydrogen-bond acceptors (Lipinski definition) is 1. The van der Waals surface area contributed by atoms with Crippen LogP contribution in [-0.2, 0) is 11.0 Å². The van der Waals surface area contributed by atoms with Gasteiger partial charge in [-0.3, -0.25) is 0 Å². The highest BCUT2D eigenvalue weighted by atomic mass is 32.2. The molecule has 0 radical (unpaired) electrons. The van der Waals surface area contributed by atoms with Gasteiger partial charge < -0.3 is 4.72 Å². The minimum absolute atomic E-state index is 0.171. The van der Waals surface area contributed by atoms with Gasteiger partial charge in [0, 0.05) is 6.20 Å². The summed E-state index contributed by atoms with van der Waals surface area (Å²) in [5.41, 5.74) is 1.38. The normalized spacial score (nSPS) is 28.7. The lowest BCUT2D eigenvalue weighted by atomic mass is 10.3. The zero-order valence-electron chi connectivity index (χ0n) is 8.18. The van der Waals surface area contributed by atoms with Gasteiger partial charge in [-0.25, -0.2) is 4.21 Å². The average Bonchev–Trinajstić information content (AvgIpc) is 2.59. The first kappa shape index (κ1) is 9.78. The standard InChI is InChI=1S/C9H17NOS/c1-7-5-8(7)6-10-12(11)9(2,3)4/h6-7,10H,5H2,1-4H3/t7-,12?/m0/s1. The van der Waals surface area contributed by atoms with Gasteiger partial charge in [-0.2, -0.15) is 0 Å². The monoisotopic (exact) mass is 187 g/mol. The molecule has 1 saturated carbocycles. The molecule has 0 aromatic rings. The third-order valence-corrected chi connectivity index (χ3v) is 3.37. The van der Waals surface area contributed by atoms with Gasteiger partial charge in [0.05, 0.1) is 4.75 Å². The molecule has 0 bridgehead atoms. The van der Waals surface area contributed by atoms with E-state index in [2.05, 4.69) is 11.6 Å². The molecule has 1 aliphatic rings. The van der Waals surface area contributed by atoms with Crippen LogP contribution in [-0.4, -0.2) is 8.96 Å². The predicted molar refractivity (Wildman–Crippen MR) is 52.9 cm³/mol. The second kappa shape index (κ2) is 3.21. The quantitative estimate of drug-likeness (QED) is 0.703. The van der Waals surface area contributed by atoms with Gasteiger partial charge in [-0.15, -0.1) is 0 Å². The zero-order valence-corrected chi connectivity index (χ0v) is 8.99. The van der Waals surface area contributed by atoms with Gasteiger partial charge in [0.15, 0.2) is 0 Å². The second-order valence-electron chi connectivity index (χ2n) is 4.32. The van der Waals surface area contributed by atoms with Crippen molar-refractivity contribution >= 4 is 11.0 Å². The van der Waals surface area contributed by atoms with Crippen molar-refractivity contribution in [2.75, 3.05) is 0 Å². The first-order valence-electron chi connectivity index (χ1n) is 4.28. The van der Waals surface area contributed by atoms with E-state index >= 15 is 0 Å². The lowest BCUT2D eigenvalue weighted by Crippen LogP contribution is -2.30. The van der Waals surface area contributed by atoms with E-state index in [1.165, 1.54) is 5.57 Å². The second-order valence-corrected chi connectivity index (χ2v) is 6.32. The summed E-state index contributed by atoms with van der Waals surface area (Å²) in [6, 6.07) is 0. The van der Waals surface area contributed by atoms with Crippen molar-refractivity contribution in [1.82, 2.24) is 4.72 Å². The van der Waals surface area contributed by atoms with E-state index in [0.717, 1.165) is 6.42 Å². The Labute approximate surface area is 77.0 Å². The van der Waals surface area contributed by atoms with Gasteiger partial charge in [-0.05, 0) is 38.7 Å². The molecule has 1 rings (SSSR count). The number of hydrogen-bond donors (Lipinski definition) is 1. The molecule has 0 heterocycles. The Kier molecular flexibility index (Phi) is 2.61. The molecule has 2 nitrogen and oxygen atoms in total. The van der Waals surface area contributed by atoms with Crippen molar-refractivity contribution in [2.45, 2.75) is 38.9 Å². The third kappa shape index (κ3) is 2.63. The molecule has 0 amide bonds. The maximum Gasteiger partial charge on any atom is 0.122 e. The van der Waals surface area contributed by atoms with E-state index in [1.807, 2.05) is 27.0 Å². The lowest BCUT2D eigenvalue weighted by molar-refractivity contribution is 0.644. The van der Waals surface area contributed by atoms with Crippen molar-refractivity contribution < 1.29 is 4.21 Å². The van der Waals surface area contributed by atoms with Gasteiger partial charge in [0.1, 0.15) is 11.0 Å². The lowest BCUT2D eigenvalue weighted by Gasteiger charge is -2.16. The summed E-state index contributed by atoms with van der Waals surface area (Å²) >= 11 is 0. The van der Waals surface area contributed by atoms with Gasteiger partial charge in [0.2, 0.25) is 0 Å². The topological polar surface area (TPSA) is 29.1 Å². The summed E-state index contributed by atoms with van der Waals surface area (Å²) in [5.74, 6) is 0.703. The van der Waals surface area contributed by atoms with Crippen molar-refractivity contribution in [2.24, 2.45) is 5.92 Å². The Morgan fingerprint density at radius 1 is 1.58 bits per heavy atom. The van der Waals surface area contributed by atoms with Crippen LogP contribution < -0.4 is 4.72 Å². The van der Waals surface area contributed by atoms with Crippen molar-refractivity contribution in [3.8, 4) is 0 Å². The molecule has 1 aliphatic carbocycles. The molecule has 3 heteroatoms. The van der Waals surface area contributed by atoms with Crippen molar-refractivity contribution in [3.05, 3.63) is 11.8 Å². The van der Waals surface area contributed by atoms with Gasteiger partial charge >= 0.3 is 0 Å². The Balaban J connectivity index is 2.38. The predicted octanol–water partition coefficient (Wildman–Crippen LogP) is 1.96. The highest BCUT2D eigenvalue weighted by molar-refractivity contribution is 7.84. The summed E-state index contributed by atoms with van der Waals surface area (Å²) in [6.07, 6.45) is 3.07. The van der Waals surface area contributed by atoms with Crippen LogP contribution in [0.1, 0.15) is 34.1 Å². The van der Waals surface area contributed by atoms with Crippen LogP contribution in [0.15, 0.2) is 11.8 Å². The van der Waals surface area contributed by atoms with Crippen LogP contribution in [0.3, 0.4) is 0 Å². The number of allylic oxidation sites excluding steroid dienone is 1. The molecular formula is C9H17NOS. The van der Waals surface area contributed by atoms with Crippen LogP contribution >= 0.6 is 0 Å². The van der Waals surface area contributed by atoms with E-state index in [9.17, 15) is 4.21 Å². The smallest absolute Gasteiger partial charge is 0.122 e. The fourth-order valence-corrected chi connectivity index (χ4v) is 1.41. The maximum absolute atomic E-state index is 11.5. The van der Waals surface area contributed by atoms with Gasteiger partial charge in [0.25, 0.3) is 0 Å². The minimum atomic E-state index is -0.959. The van der Waals surface area contributed by atoms with Crippen LogP contribution in [0, 0.1) is 5.92 Å². The molecule has 0 aromatic heterocycles. The molecule has 1 N–H and O–H groups in total. The SMILES string of the molecule is C[C@H]1CC1=CNS(=O)C(C)(C)C. The first-order chi connectivity index (χ1) is 5.41. The maximum atomic E-state index is 11.5. The van der Waals surface area contributed by atoms with Crippen molar-refractivity contribution in [3.63, 3.8) is 0 Å². The molecular weight excluding hydrogens is 170 g/mol. The van der Waals surface area contributed by atoms with E-state index in [1.54, 1.807) is 0 Å². The van der Waals surface area contributed by atoms with Crippen LogP contribution in [0.25, 0.3) is 0 Å². The fourth-order valence-electron chi connectivity index (χ4n) is 0.802. The molecule has 1 fully saturated rings. The highest BCUT2D eigenvalue weighted by Gasteiger charge is 2.25. The van der Waals surface area contributed by atoms with Crippen molar-refractivity contribution in [1.29, 1.82) is 0 Å². The average molecular weight is 187 g/mol. The van der Waals surface area contributed by atoms with E-state index in [0.29, 0.717) is 5.92 Å². The summed E-state index contributed by atoms with van der Waals surface area (Å²) in [7, 11) is -0.959. The van der Waals surface area contributed by atoms with Crippen LogP contribution in [0.5, 0.6) is 0 Å². The molecule has 2 atom stereocenters. The summed E-state index contributed by atoms with van der Waals surface area (Å²) in [5, 5.41) is 0. The Bertz CT molecular complexity index is 227.